The van der Waals surface area contributed by atoms with E-state index in [4.69, 9.17) is 11.6 Å². The Hall–Kier alpha value is -0.180. The zero-order valence-electron chi connectivity index (χ0n) is 10.6. The maximum Gasteiger partial charge on any atom is 0.0408 e. The number of hydrogen-bond donors (Lipinski definition) is 1. The molecule has 98 valence electrons. The van der Waals surface area contributed by atoms with Crippen molar-refractivity contribution in [2.24, 2.45) is 5.92 Å². The molecule has 1 aliphatic heterocycles. The molecule has 1 unspecified atom stereocenters. The number of thioether (sulfide) groups is 1. The number of rotatable bonds is 4. The van der Waals surface area contributed by atoms with Gasteiger partial charge in [0.15, 0.2) is 0 Å². The third-order valence-corrected chi connectivity index (χ3v) is 5.64. The Kier molecular flexibility index (Phi) is 4.17. The van der Waals surface area contributed by atoms with Crippen LogP contribution in [0.25, 0.3) is 0 Å². The highest BCUT2D eigenvalue weighted by atomic mass is 35.5. The Morgan fingerprint density at radius 1 is 1.33 bits per heavy atom. The topological polar surface area (TPSA) is 12.0 Å². The van der Waals surface area contributed by atoms with Gasteiger partial charge in [0, 0.05) is 11.1 Å². The summed E-state index contributed by atoms with van der Waals surface area (Å²) in [5.41, 5.74) is 1.41. The number of benzene rings is 1. The molecule has 1 saturated heterocycles. The first-order valence-electron chi connectivity index (χ1n) is 6.88. The molecular weight excluding hydrogens is 262 g/mol. The zero-order chi connectivity index (χ0) is 12.4. The molecule has 1 aromatic carbocycles. The predicted molar refractivity (Wildman–Crippen MR) is 80.6 cm³/mol. The normalized spacial score (nSPS) is 31.3. The number of halogens is 1. The van der Waals surface area contributed by atoms with Gasteiger partial charge in [-0.05, 0) is 66.8 Å². The first-order valence-corrected chi connectivity index (χ1v) is 8.41. The lowest BCUT2D eigenvalue weighted by Crippen LogP contribution is -2.42. The van der Waals surface area contributed by atoms with Crippen LogP contribution in [-0.2, 0) is 0 Å². The second kappa shape index (κ2) is 5.85. The van der Waals surface area contributed by atoms with Gasteiger partial charge in [0.05, 0.1) is 0 Å². The Morgan fingerprint density at radius 2 is 2.22 bits per heavy atom. The van der Waals surface area contributed by atoms with Gasteiger partial charge in [-0.3, -0.25) is 0 Å². The molecule has 0 aromatic heterocycles. The van der Waals surface area contributed by atoms with E-state index in [9.17, 15) is 0 Å². The standard InChI is InChI=1S/C15H20ClNS/c16-14-3-1-2-12(6-14)13-7-15(8-13)17-9-11-4-5-18-10-11/h1-3,6,11,13,15,17H,4-5,7-10H2. The van der Waals surface area contributed by atoms with Gasteiger partial charge in [0.1, 0.15) is 0 Å². The third kappa shape index (κ3) is 3.04. The van der Waals surface area contributed by atoms with Crippen molar-refractivity contribution in [1.29, 1.82) is 0 Å². The van der Waals surface area contributed by atoms with Crippen molar-refractivity contribution < 1.29 is 0 Å². The van der Waals surface area contributed by atoms with Gasteiger partial charge in [0.25, 0.3) is 0 Å². The molecule has 18 heavy (non-hydrogen) atoms. The lowest BCUT2D eigenvalue weighted by Gasteiger charge is -2.37. The van der Waals surface area contributed by atoms with E-state index < -0.39 is 0 Å². The van der Waals surface area contributed by atoms with E-state index in [1.807, 2.05) is 6.07 Å². The van der Waals surface area contributed by atoms with Gasteiger partial charge < -0.3 is 5.32 Å². The minimum atomic E-state index is 0.721. The molecule has 2 aliphatic rings. The van der Waals surface area contributed by atoms with Crippen LogP contribution >= 0.6 is 23.4 Å². The minimum Gasteiger partial charge on any atom is -0.314 e. The monoisotopic (exact) mass is 281 g/mol. The van der Waals surface area contributed by atoms with Gasteiger partial charge in [-0.25, -0.2) is 0 Å². The summed E-state index contributed by atoms with van der Waals surface area (Å²) >= 11 is 8.14. The van der Waals surface area contributed by atoms with Crippen LogP contribution in [0.4, 0.5) is 0 Å². The average Bonchev–Trinajstić information content (AvgIpc) is 2.80. The summed E-state index contributed by atoms with van der Waals surface area (Å²) in [4.78, 5) is 0. The first kappa shape index (κ1) is 12.8. The lowest BCUT2D eigenvalue weighted by atomic mass is 9.76. The molecule has 0 amide bonds. The van der Waals surface area contributed by atoms with E-state index in [-0.39, 0.29) is 0 Å². The highest BCUT2D eigenvalue weighted by Crippen LogP contribution is 2.37. The van der Waals surface area contributed by atoms with Crippen molar-refractivity contribution in [2.75, 3.05) is 18.1 Å². The second-order valence-corrected chi connectivity index (χ2v) is 7.14. The maximum absolute atomic E-state index is 6.04. The smallest absolute Gasteiger partial charge is 0.0408 e. The molecule has 2 fully saturated rings. The lowest BCUT2D eigenvalue weighted by molar-refractivity contribution is 0.280. The van der Waals surface area contributed by atoms with Crippen molar-refractivity contribution in [2.45, 2.75) is 31.2 Å². The van der Waals surface area contributed by atoms with E-state index in [1.54, 1.807) is 0 Å². The van der Waals surface area contributed by atoms with Crippen molar-refractivity contribution in [3.63, 3.8) is 0 Å². The van der Waals surface area contributed by atoms with Gasteiger partial charge in [-0.1, -0.05) is 23.7 Å². The highest BCUT2D eigenvalue weighted by Gasteiger charge is 2.30. The molecule has 1 N–H and O–H groups in total. The van der Waals surface area contributed by atoms with Crippen LogP contribution in [0.15, 0.2) is 24.3 Å². The van der Waals surface area contributed by atoms with Crippen LogP contribution in [0.3, 0.4) is 0 Å². The zero-order valence-corrected chi connectivity index (χ0v) is 12.1. The van der Waals surface area contributed by atoms with Crippen molar-refractivity contribution >= 4 is 23.4 Å². The Bertz CT molecular complexity index is 397. The molecule has 1 heterocycles. The summed E-state index contributed by atoms with van der Waals surface area (Å²) in [5, 5.41) is 4.60. The molecule has 0 bridgehead atoms. The van der Waals surface area contributed by atoms with Crippen LogP contribution in [0, 0.1) is 5.92 Å². The molecule has 1 aromatic rings. The Labute approximate surface area is 119 Å². The molecule has 3 rings (SSSR count). The summed E-state index contributed by atoms with van der Waals surface area (Å²) in [6, 6.07) is 9.08. The van der Waals surface area contributed by atoms with Crippen LogP contribution in [0.1, 0.15) is 30.7 Å². The van der Waals surface area contributed by atoms with Crippen LogP contribution in [0.5, 0.6) is 0 Å². The average molecular weight is 282 g/mol. The molecule has 1 aliphatic carbocycles. The van der Waals surface area contributed by atoms with Crippen LogP contribution < -0.4 is 5.32 Å². The van der Waals surface area contributed by atoms with Gasteiger partial charge in [-0.15, -0.1) is 0 Å². The summed E-state index contributed by atoms with van der Waals surface area (Å²) < 4.78 is 0. The summed E-state index contributed by atoms with van der Waals surface area (Å²) in [7, 11) is 0. The first-order chi connectivity index (χ1) is 8.81. The molecule has 1 atom stereocenters. The fourth-order valence-electron chi connectivity index (χ4n) is 2.89. The minimum absolute atomic E-state index is 0.721. The third-order valence-electron chi connectivity index (χ3n) is 4.18. The van der Waals surface area contributed by atoms with Crippen LogP contribution in [0.2, 0.25) is 5.02 Å². The fraction of sp³-hybridized carbons (Fsp3) is 0.600. The van der Waals surface area contributed by atoms with Gasteiger partial charge >= 0.3 is 0 Å². The van der Waals surface area contributed by atoms with Crippen molar-refractivity contribution in [3.8, 4) is 0 Å². The SMILES string of the molecule is Clc1cccc(C2CC(NCC3CCSC3)C2)c1. The molecule has 3 heteroatoms. The fourth-order valence-corrected chi connectivity index (χ4v) is 4.38. The van der Waals surface area contributed by atoms with E-state index in [1.165, 1.54) is 42.9 Å². The summed E-state index contributed by atoms with van der Waals surface area (Å²) in [6.07, 6.45) is 3.96. The summed E-state index contributed by atoms with van der Waals surface area (Å²) in [5.74, 6) is 4.36. The molecule has 0 spiro atoms. The molecule has 1 nitrogen and oxygen atoms in total. The van der Waals surface area contributed by atoms with E-state index in [0.717, 1.165) is 22.9 Å². The number of hydrogen-bond acceptors (Lipinski definition) is 2. The summed E-state index contributed by atoms with van der Waals surface area (Å²) in [6.45, 7) is 1.22. The number of nitrogens with one attached hydrogen (secondary N) is 1. The highest BCUT2D eigenvalue weighted by molar-refractivity contribution is 7.99. The van der Waals surface area contributed by atoms with Crippen molar-refractivity contribution in [3.05, 3.63) is 34.9 Å². The Morgan fingerprint density at radius 3 is 2.94 bits per heavy atom. The van der Waals surface area contributed by atoms with Gasteiger partial charge in [-0.2, -0.15) is 11.8 Å². The largest absolute Gasteiger partial charge is 0.314 e. The van der Waals surface area contributed by atoms with Gasteiger partial charge in [0.2, 0.25) is 0 Å². The maximum atomic E-state index is 6.04. The quantitative estimate of drug-likeness (QED) is 0.897. The van der Waals surface area contributed by atoms with E-state index in [0.29, 0.717) is 0 Å². The van der Waals surface area contributed by atoms with Crippen molar-refractivity contribution in [1.82, 2.24) is 5.32 Å². The predicted octanol–water partition coefficient (Wildman–Crippen LogP) is 3.93. The second-order valence-electron chi connectivity index (χ2n) is 5.56. The Balaban J connectivity index is 1.42. The van der Waals surface area contributed by atoms with E-state index >= 15 is 0 Å². The van der Waals surface area contributed by atoms with E-state index in [2.05, 4.69) is 35.3 Å². The van der Waals surface area contributed by atoms with Crippen LogP contribution in [-0.4, -0.2) is 24.1 Å². The molecular formula is C15H20ClNS. The molecule has 0 radical (unpaired) electrons. The molecule has 1 saturated carbocycles.